The van der Waals surface area contributed by atoms with Gasteiger partial charge >= 0.3 is 0 Å². The predicted octanol–water partition coefficient (Wildman–Crippen LogP) is 3.71. The Hall–Kier alpha value is -2.44. The van der Waals surface area contributed by atoms with Crippen LogP contribution in [0.2, 0.25) is 0 Å². The van der Waals surface area contributed by atoms with Crippen LogP contribution in [-0.4, -0.2) is 28.0 Å². The van der Waals surface area contributed by atoms with Gasteiger partial charge in [-0.2, -0.15) is 0 Å². The molecule has 122 valence electrons. The Morgan fingerprint density at radius 1 is 1.25 bits per heavy atom. The summed E-state index contributed by atoms with van der Waals surface area (Å²) >= 11 is 1.81. The average Bonchev–Trinajstić information content (AvgIpc) is 3.02. The molecule has 0 spiro atoms. The summed E-state index contributed by atoms with van der Waals surface area (Å²) in [7, 11) is 0. The monoisotopic (exact) mass is 337 g/mol. The number of hydrogen-bond acceptors (Lipinski definition) is 6. The first-order valence-electron chi connectivity index (χ1n) is 8.01. The Kier molecular flexibility index (Phi) is 4.40. The molecule has 3 aromatic rings. The van der Waals surface area contributed by atoms with Gasteiger partial charge in [0.2, 0.25) is 0 Å². The van der Waals surface area contributed by atoms with E-state index in [2.05, 4.69) is 49.1 Å². The van der Waals surface area contributed by atoms with Crippen molar-refractivity contribution in [3.05, 3.63) is 64.7 Å². The van der Waals surface area contributed by atoms with Gasteiger partial charge in [0.15, 0.2) is 0 Å². The standard InChI is InChI=1S/C18H19N5S/c1-3-15(11-19-5-1)22-18-9-17-14(10-21-18)12-23(7-6-20-17)13-16-4-2-8-24-16/h1-5,8-11,20H,6-7,12-13H2,(H,21,22). The molecule has 0 aliphatic carbocycles. The van der Waals surface area contributed by atoms with E-state index in [0.717, 1.165) is 43.4 Å². The summed E-state index contributed by atoms with van der Waals surface area (Å²) in [5, 5.41) is 8.96. The SMILES string of the molecule is c1cncc(Nc2cc3c(cn2)CN(Cc2cccs2)CCN3)c1. The minimum atomic E-state index is 0.834. The zero-order valence-corrected chi connectivity index (χ0v) is 14.1. The summed E-state index contributed by atoms with van der Waals surface area (Å²) in [6.45, 7) is 3.88. The molecule has 4 heterocycles. The molecule has 2 N–H and O–H groups in total. The van der Waals surface area contributed by atoms with E-state index in [-0.39, 0.29) is 0 Å². The van der Waals surface area contributed by atoms with E-state index < -0.39 is 0 Å². The van der Waals surface area contributed by atoms with Gasteiger partial charge < -0.3 is 10.6 Å². The molecule has 1 aliphatic heterocycles. The molecule has 0 unspecified atom stereocenters. The molecule has 24 heavy (non-hydrogen) atoms. The van der Waals surface area contributed by atoms with Crippen LogP contribution in [-0.2, 0) is 13.1 Å². The van der Waals surface area contributed by atoms with E-state index in [1.165, 1.54) is 10.4 Å². The molecule has 1 aliphatic rings. The Bertz CT molecular complexity index is 788. The van der Waals surface area contributed by atoms with Crippen LogP contribution in [0.1, 0.15) is 10.4 Å². The van der Waals surface area contributed by atoms with Crippen molar-refractivity contribution in [2.45, 2.75) is 13.1 Å². The first-order valence-corrected chi connectivity index (χ1v) is 8.89. The number of rotatable bonds is 4. The minimum absolute atomic E-state index is 0.834. The summed E-state index contributed by atoms with van der Waals surface area (Å²) in [4.78, 5) is 12.5. The second kappa shape index (κ2) is 6.98. The van der Waals surface area contributed by atoms with E-state index >= 15 is 0 Å². The lowest BCUT2D eigenvalue weighted by molar-refractivity contribution is 0.274. The van der Waals surface area contributed by atoms with E-state index in [9.17, 15) is 0 Å². The maximum atomic E-state index is 4.56. The quantitative estimate of drug-likeness (QED) is 0.760. The fourth-order valence-corrected chi connectivity index (χ4v) is 3.60. The smallest absolute Gasteiger partial charge is 0.132 e. The molecule has 0 saturated carbocycles. The number of nitrogens with one attached hydrogen (secondary N) is 2. The summed E-state index contributed by atoms with van der Waals surface area (Å²) in [6, 6.07) is 10.3. The van der Waals surface area contributed by atoms with Crippen LogP contribution in [0.3, 0.4) is 0 Å². The third-order valence-electron chi connectivity index (χ3n) is 4.02. The molecule has 0 aromatic carbocycles. The van der Waals surface area contributed by atoms with Gasteiger partial charge in [-0.25, -0.2) is 4.98 Å². The number of fused-ring (bicyclic) bond motifs is 1. The van der Waals surface area contributed by atoms with E-state index in [1.54, 1.807) is 12.4 Å². The lowest BCUT2D eigenvalue weighted by Crippen LogP contribution is -2.25. The molecular formula is C18H19N5S. The molecule has 5 nitrogen and oxygen atoms in total. The average molecular weight is 337 g/mol. The molecule has 0 fully saturated rings. The zero-order valence-electron chi connectivity index (χ0n) is 13.3. The number of aromatic nitrogens is 2. The van der Waals surface area contributed by atoms with Gasteiger partial charge in [-0.1, -0.05) is 6.07 Å². The zero-order chi connectivity index (χ0) is 16.2. The second-order valence-electron chi connectivity index (χ2n) is 5.81. The van der Waals surface area contributed by atoms with Crippen molar-refractivity contribution in [2.24, 2.45) is 0 Å². The highest BCUT2D eigenvalue weighted by Gasteiger charge is 2.15. The third-order valence-corrected chi connectivity index (χ3v) is 4.88. The highest BCUT2D eigenvalue weighted by Crippen LogP contribution is 2.25. The van der Waals surface area contributed by atoms with Crippen molar-refractivity contribution in [1.29, 1.82) is 0 Å². The molecule has 3 aromatic heterocycles. The molecule has 0 saturated heterocycles. The number of pyridine rings is 2. The normalized spacial score (nSPS) is 14.5. The van der Waals surface area contributed by atoms with Gasteiger partial charge in [0.05, 0.1) is 11.9 Å². The topological polar surface area (TPSA) is 53.1 Å². The maximum Gasteiger partial charge on any atom is 0.132 e. The third kappa shape index (κ3) is 3.55. The Labute approximate surface area is 145 Å². The fraction of sp³-hybridized carbons (Fsp3) is 0.222. The highest BCUT2D eigenvalue weighted by molar-refractivity contribution is 7.09. The van der Waals surface area contributed by atoms with Crippen LogP contribution in [0.25, 0.3) is 0 Å². The molecule has 6 heteroatoms. The lowest BCUT2D eigenvalue weighted by atomic mass is 10.2. The Balaban J connectivity index is 1.49. The van der Waals surface area contributed by atoms with Crippen molar-refractivity contribution in [3.8, 4) is 0 Å². The summed E-state index contributed by atoms with van der Waals surface area (Å²) in [5.41, 5.74) is 3.34. The fourth-order valence-electron chi connectivity index (χ4n) is 2.85. The second-order valence-corrected chi connectivity index (χ2v) is 6.84. The first-order chi connectivity index (χ1) is 11.9. The van der Waals surface area contributed by atoms with Crippen LogP contribution in [0.15, 0.2) is 54.3 Å². The van der Waals surface area contributed by atoms with Crippen molar-refractivity contribution >= 4 is 28.5 Å². The van der Waals surface area contributed by atoms with Gasteiger partial charge in [-0.3, -0.25) is 9.88 Å². The van der Waals surface area contributed by atoms with E-state index in [4.69, 9.17) is 0 Å². The van der Waals surface area contributed by atoms with Gasteiger partial charge in [0.25, 0.3) is 0 Å². The van der Waals surface area contributed by atoms with Crippen LogP contribution >= 0.6 is 11.3 Å². The molecule has 0 atom stereocenters. The number of hydrogen-bond donors (Lipinski definition) is 2. The number of nitrogens with zero attached hydrogens (tertiary/aromatic N) is 3. The summed E-state index contributed by atoms with van der Waals surface area (Å²) in [6.07, 6.45) is 5.52. The van der Waals surface area contributed by atoms with Crippen molar-refractivity contribution < 1.29 is 0 Å². The van der Waals surface area contributed by atoms with Gasteiger partial charge in [0.1, 0.15) is 5.82 Å². The molecule has 0 radical (unpaired) electrons. The van der Waals surface area contributed by atoms with Gasteiger partial charge in [0, 0.05) is 60.8 Å². The lowest BCUT2D eigenvalue weighted by Gasteiger charge is -2.18. The minimum Gasteiger partial charge on any atom is -0.383 e. The van der Waals surface area contributed by atoms with Gasteiger partial charge in [-0.05, 0) is 23.6 Å². The van der Waals surface area contributed by atoms with Crippen molar-refractivity contribution in [3.63, 3.8) is 0 Å². The number of thiophene rings is 1. The largest absolute Gasteiger partial charge is 0.383 e. The summed E-state index contributed by atoms with van der Waals surface area (Å²) in [5.74, 6) is 0.834. The number of anilines is 3. The van der Waals surface area contributed by atoms with Crippen LogP contribution in [0.4, 0.5) is 17.2 Å². The van der Waals surface area contributed by atoms with E-state index in [0.29, 0.717) is 0 Å². The van der Waals surface area contributed by atoms with Crippen molar-refractivity contribution in [2.75, 3.05) is 23.7 Å². The Morgan fingerprint density at radius 3 is 3.08 bits per heavy atom. The Morgan fingerprint density at radius 2 is 2.25 bits per heavy atom. The molecule has 0 amide bonds. The molecule has 4 rings (SSSR count). The van der Waals surface area contributed by atoms with Crippen molar-refractivity contribution in [1.82, 2.24) is 14.9 Å². The maximum absolute atomic E-state index is 4.56. The first kappa shape index (κ1) is 15.1. The van der Waals surface area contributed by atoms with E-state index in [1.807, 2.05) is 29.7 Å². The van der Waals surface area contributed by atoms with Gasteiger partial charge in [-0.15, -0.1) is 11.3 Å². The molecular weight excluding hydrogens is 318 g/mol. The van der Waals surface area contributed by atoms with Crippen LogP contribution in [0.5, 0.6) is 0 Å². The predicted molar refractivity (Wildman–Crippen MR) is 98.7 cm³/mol. The summed E-state index contributed by atoms with van der Waals surface area (Å²) < 4.78 is 0. The van der Waals surface area contributed by atoms with Crippen LogP contribution in [0, 0.1) is 0 Å². The highest BCUT2D eigenvalue weighted by atomic mass is 32.1. The molecule has 0 bridgehead atoms. The van der Waals surface area contributed by atoms with Crippen LogP contribution < -0.4 is 10.6 Å².